The van der Waals surface area contributed by atoms with Crippen LogP contribution in [0.3, 0.4) is 0 Å². The van der Waals surface area contributed by atoms with Gasteiger partial charge in [-0.25, -0.2) is 12.8 Å². The number of rotatable bonds is 11. The minimum Gasteiger partial charge on any atom is -0.352 e. The standard InChI is InChI=1S/C30H35ClFN3O4S/c1-6-21(3)33-30(37)23(5)34(18-24-10-7-8-12-27(24)32)29(36)19-35(28-13-9-11-26(31)22(28)4)40(38,39)25-16-14-20(2)15-17-25/h7-17,21,23H,6,18-19H2,1-5H3,(H,33,37)/t21-,23+/m0/s1. The second-order valence-electron chi connectivity index (χ2n) is 9.82. The Bertz CT molecular complexity index is 1460. The van der Waals surface area contributed by atoms with Gasteiger partial charge in [0.25, 0.3) is 10.0 Å². The average molecular weight is 588 g/mol. The fourth-order valence-corrected chi connectivity index (χ4v) is 5.72. The molecular weight excluding hydrogens is 553 g/mol. The van der Waals surface area contributed by atoms with Gasteiger partial charge >= 0.3 is 0 Å². The van der Waals surface area contributed by atoms with Gasteiger partial charge in [0.1, 0.15) is 18.4 Å². The van der Waals surface area contributed by atoms with Gasteiger partial charge in [-0.15, -0.1) is 0 Å². The number of aryl methyl sites for hydroxylation is 1. The Morgan fingerprint density at radius 3 is 2.25 bits per heavy atom. The molecule has 0 aliphatic rings. The lowest BCUT2D eigenvalue weighted by Gasteiger charge is -2.33. The zero-order valence-electron chi connectivity index (χ0n) is 23.3. The number of benzene rings is 3. The van der Waals surface area contributed by atoms with Crippen LogP contribution in [0.25, 0.3) is 0 Å². The SMILES string of the molecule is CC[C@H](C)NC(=O)[C@@H](C)N(Cc1ccccc1F)C(=O)CN(c1cccc(Cl)c1C)S(=O)(=O)c1ccc(C)cc1. The van der Waals surface area contributed by atoms with Crippen LogP contribution in [0.2, 0.25) is 5.02 Å². The van der Waals surface area contributed by atoms with E-state index in [0.717, 1.165) is 9.87 Å². The Kier molecular flexibility index (Phi) is 10.3. The van der Waals surface area contributed by atoms with E-state index >= 15 is 0 Å². The number of hydrogen-bond donors (Lipinski definition) is 1. The van der Waals surface area contributed by atoms with Gasteiger partial charge in [-0.3, -0.25) is 13.9 Å². The number of anilines is 1. The highest BCUT2D eigenvalue weighted by molar-refractivity contribution is 7.92. The van der Waals surface area contributed by atoms with E-state index in [1.807, 2.05) is 20.8 Å². The van der Waals surface area contributed by atoms with Crippen molar-refractivity contribution < 1.29 is 22.4 Å². The van der Waals surface area contributed by atoms with Crippen LogP contribution in [0, 0.1) is 19.7 Å². The molecule has 0 heterocycles. The number of carbonyl (C=O) groups excluding carboxylic acids is 2. The molecule has 0 aliphatic heterocycles. The van der Waals surface area contributed by atoms with Crippen molar-refractivity contribution in [3.63, 3.8) is 0 Å². The van der Waals surface area contributed by atoms with E-state index in [1.165, 1.54) is 35.2 Å². The number of amides is 2. The molecule has 0 bridgehead atoms. The third kappa shape index (κ3) is 7.20. The lowest BCUT2D eigenvalue weighted by molar-refractivity contribution is -0.139. The molecule has 0 aromatic heterocycles. The molecule has 214 valence electrons. The summed E-state index contributed by atoms with van der Waals surface area (Å²) in [5.41, 5.74) is 1.77. The highest BCUT2D eigenvalue weighted by atomic mass is 35.5. The topological polar surface area (TPSA) is 86.8 Å². The summed E-state index contributed by atoms with van der Waals surface area (Å²) in [4.78, 5) is 28.2. The van der Waals surface area contributed by atoms with E-state index < -0.39 is 40.2 Å². The van der Waals surface area contributed by atoms with Gasteiger partial charge in [-0.1, -0.05) is 60.5 Å². The molecule has 0 unspecified atom stereocenters. The minimum atomic E-state index is -4.24. The number of sulfonamides is 1. The number of hydrogen-bond acceptors (Lipinski definition) is 4. The molecule has 0 saturated heterocycles. The summed E-state index contributed by atoms with van der Waals surface area (Å²) < 4.78 is 43.5. The zero-order chi connectivity index (χ0) is 29.6. The van der Waals surface area contributed by atoms with Gasteiger partial charge in [-0.05, 0) is 70.0 Å². The molecule has 3 aromatic carbocycles. The highest BCUT2D eigenvalue weighted by Gasteiger charge is 2.33. The van der Waals surface area contributed by atoms with Crippen LogP contribution >= 0.6 is 11.6 Å². The van der Waals surface area contributed by atoms with Crippen molar-refractivity contribution in [2.75, 3.05) is 10.8 Å². The van der Waals surface area contributed by atoms with Crippen LogP contribution in [-0.2, 0) is 26.2 Å². The Morgan fingerprint density at radius 1 is 0.975 bits per heavy atom. The Labute approximate surface area is 241 Å². The first-order valence-electron chi connectivity index (χ1n) is 13.0. The summed E-state index contributed by atoms with van der Waals surface area (Å²) in [5.74, 6) is -1.64. The van der Waals surface area contributed by atoms with Gasteiger partial charge in [0.05, 0.1) is 10.6 Å². The first-order chi connectivity index (χ1) is 18.9. The third-order valence-corrected chi connectivity index (χ3v) is 9.05. The Hall–Kier alpha value is -3.43. The van der Waals surface area contributed by atoms with Gasteiger partial charge in [0.2, 0.25) is 11.8 Å². The molecule has 10 heteroatoms. The van der Waals surface area contributed by atoms with E-state index in [2.05, 4.69) is 5.32 Å². The van der Waals surface area contributed by atoms with E-state index in [0.29, 0.717) is 17.0 Å². The average Bonchev–Trinajstić information content (AvgIpc) is 2.92. The minimum absolute atomic E-state index is 0.00603. The van der Waals surface area contributed by atoms with Crippen molar-refractivity contribution in [2.45, 2.75) is 64.6 Å². The van der Waals surface area contributed by atoms with Gasteiger partial charge in [-0.2, -0.15) is 0 Å². The largest absolute Gasteiger partial charge is 0.352 e. The Balaban J connectivity index is 2.08. The van der Waals surface area contributed by atoms with Crippen molar-refractivity contribution in [3.05, 3.63) is 94.3 Å². The maximum atomic E-state index is 14.7. The molecule has 1 N–H and O–H groups in total. The van der Waals surface area contributed by atoms with Gasteiger partial charge in [0, 0.05) is 23.2 Å². The van der Waals surface area contributed by atoms with Crippen molar-refractivity contribution >= 4 is 39.1 Å². The lowest BCUT2D eigenvalue weighted by atomic mass is 10.1. The molecule has 3 rings (SSSR count). The maximum absolute atomic E-state index is 14.7. The third-order valence-electron chi connectivity index (χ3n) is 6.86. The molecule has 7 nitrogen and oxygen atoms in total. The van der Waals surface area contributed by atoms with Crippen molar-refractivity contribution in [1.29, 1.82) is 0 Å². The van der Waals surface area contributed by atoms with Gasteiger partial charge < -0.3 is 10.2 Å². The summed E-state index contributed by atoms with van der Waals surface area (Å²) in [6.45, 7) is 7.94. The van der Waals surface area contributed by atoms with E-state index in [-0.39, 0.29) is 28.7 Å². The van der Waals surface area contributed by atoms with E-state index in [1.54, 1.807) is 50.2 Å². The summed E-state index contributed by atoms with van der Waals surface area (Å²) in [5, 5.41) is 3.18. The monoisotopic (exact) mass is 587 g/mol. The maximum Gasteiger partial charge on any atom is 0.264 e. The number of nitrogens with one attached hydrogen (secondary N) is 1. The van der Waals surface area contributed by atoms with Crippen LogP contribution < -0.4 is 9.62 Å². The second kappa shape index (κ2) is 13.3. The summed E-state index contributed by atoms with van der Waals surface area (Å²) in [7, 11) is -4.24. The highest BCUT2D eigenvalue weighted by Crippen LogP contribution is 2.31. The molecule has 0 fully saturated rings. The second-order valence-corrected chi connectivity index (χ2v) is 12.1. The normalized spacial score (nSPS) is 12.9. The van der Waals surface area contributed by atoms with Crippen LogP contribution in [0.1, 0.15) is 43.9 Å². The van der Waals surface area contributed by atoms with Crippen molar-refractivity contribution in [2.24, 2.45) is 0 Å². The predicted molar refractivity (Wildman–Crippen MR) is 156 cm³/mol. The molecule has 0 aliphatic carbocycles. The van der Waals surface area contributed by atoms with Crippen LogP contribution in [-0.4, -0.2) is 43.8 Å². The van der Waals surface area contributed by atoms with Gasteiger partial charge in [0.15, 0.2) is 0 Å². The summed E-state index contributed by atoms with van der Waals surface area (Å²) >= 11 is 6.34. The quantitative estimate of drug-likeness (QED) is 0.315. The first kappa shape index (κ1) is 31.1. The number of nitrogens with zero attached hydrogens (tertiary/aromatic N) is 2. The summed E-state index contributed by atoms with van der Waals surface area (Å²) in [6, 6.07) is 15.9. The Morgan fingerprint density at radius 2 is 1.62 bits per heavy atom. The first-order valence-corrected chi connectivity index (χ1v) is 14.9. The number of carbonyl (C=O) groups is 2. The van der Waals surface area contributed by atoms with E-state index in [4.69, 9.17) is 11.6 Å². The van der Waals surface area contributed by atoms with Crippen LogP contribution in [0.5, 0.6) is 0 Å². The van der Waals surface area contributed by atoms with Crippen LogP contribution in [0.4, 0.5) is 10.1 Å². The molecule has 3 aromatic rings. The van der Waals surface area contributed by atoms with Crippen molar-refractivity contribution in [1.82, 2.24) is 10.2 Å². The zero-order valence-corrected chi connectivity index (χ0v) is 24.9. The molecule has 0 saturated carbocycles. The lowest BCUT2D eigenvalue weighted by Crippen LogP contribution is -2.52. The molecular formula is C30H35ClFN3O4S. The van der Waals surface area contributed by atoms with E-state index in [9.17, 15) is 22.4 Å². The molecule has 2 atom stereocenters. The van der Waals surface area contributed by atoms with Crippen LogP contribution in [0.15, 0.2) is 71.6 Å². The molecule has 40 heavy (non-hydrogen) atoms. The summed E-state index contributed by atoms with van der Waals surface area (Å²) in [6.07, 6.45) is 0.677. The molecule has 0 spiro atoms. The van der Waals surface area contributed by atoms with Crippen molar-refractivity contribution in [3.8, 4) is 0 Å². The molecule has 2 amide bonds. The smallest absolute Gasteiger partial charge is 0.264 e. The number of halogens is 2. The molecule has 0 radical (unpaired) electrons. The fourth-order valence-electron chi connectivity index (χ4n) is 4.08. The fraction of sp³-hybridized carbons (Fsp3) is 0.333. The predicted octanol–water partition coefficient (Wildman–Crippen LogP) is 5.62.